The molecule has 154 valence electrons. The van der Waals surface area contributed by atoms with Gasteiger partial charge in [-0.15, -0.1) is 0 Å². The van der Waals surface area contributed by atoms with E-state index in [1.807, 2.05) is 55.5 Å². The van der Waals surface area contributed by atoms with Gasteiger partial charge in [-0.05, 0) is 56.7 Å². The van der Waals surface area contributed by atoms with Crippen molar-refractivity contribution in [2.75, 3.05) is 18.1 Å². The third kappa shape index (κ3) is 4.35. The summed E-state index contributed by atoms with van der Waals surface area (Å²) in [6.45, 7) is 9.74. The lowest BCUT2D eigenvalue weighted by Gasteiger charge is -2.18. The standard InChI is InChI=1S/C25H25NO4/c1-5-14-30-21-9-7-8-19(15-21)16-22-23(25(28)29-6-2)18(4)26(24(22)27)20-12-10-17(3)11-13-20/h5,7-13,15-16H,1,6,14H2,2-4H3/b22-16-. The van der Waals surface area contributed by atoms with Crippen molar-refractivity contribution < 1.29 is 19.1 Å². The number of amides is 1. The molecule has 0 spiro atoms. The van der Waals surface area contributed by atoms with E-state index in [4.69, 9.17) is 9.47 Å². The third-order valence-electron chi connectivity index (χ3n) is 4.71. The number of benzene rings is 2. The number of anilines is 1. The molecule has 1 aliphatic rings. The first-order valence-corrected chi connectivity index (χ1v) is 9.81. The van der Waals surface area contributed by atoms with Gasteiger partial charge >= 0.3 is 5.97 Å². The van der Waals surface area contributed by atoms with E-state index in [-0.39, 0.29) is 18.1 Å². The average molecular weight is 403 g/mol. The molecule has 2 aromatic carbocycles. The number of hydrogen-bond acceptors (Lipinski definition) is 4. The Bertz CT molecular complexity index is 1030. The number of ether oxygens (including phenoxy) is 2. The Balaban J connectivity index is 2.06. The second-order valence-corrected chi connectivity index (χ2v) is 6.89. The summed E-state index contributed by atoms with van der Waals surface area (Å²) >= 11 is 0. The highest BCUT2D eigenvalue weighted by molar-refractivity contribution is 6.23. The van der Waals surface area contributed by atoms with E-state index in [2.05, 4.69) is 6.58 Å². The van der Waals surface area contributed by atoms with Crippen LogP contribution in [0.5, 0.6) is 5.75 Å². The van der Waals surface area contributed by atoms with Gasteiger partial charge in [-0.25, -0.2) is 4.79 Å². The van der Waals surface area contributed by atoms with Crippen LogP contribution in [-0.2, 0) is 14.3 Å². The third-order valence-corrected chi connectivity index (χ3v) is 4.71. The molecule has 5 nitrogen and oxygen atoms in total. The lowest BCUT2D eigenvalue weighted by atomic mass is 10.0. The molecular weight excluding hydrogens is 378 g/mol. The van der Waals surface area contributed by atoms with E-state index in [0.717, 1.165) is 11.1 Å². The van der Waals surface area contributed by atoms with Gasteiger partial charge < -0.3 is 9.47 Å². The molecule has 0 saturated heterocycles. The number of hydrogen-bond donors (Lipinski definition) is 0. The van der Waals surface area contributed by atoms with Crippen molar-refractivity contribution in [2.24, 2.45) is 0 Å². The largest absolute Gasteiger partial charge is 0.490 e. The van der Waals surface area contributed by atoms with Gasteiger partial charge in [-0.1, -0.05) is 42.5 Å². The zero-order valence-corrected chi connectivity index (χ0v) is 17.5. The Hall–Kier alpha value is -3.60. The molecule has 0 fully saturated rings. The molecule has 0 saturated carbocycles. The minimum atomic E-state index is -0.511. The first-order chi connectivity index (χ1) is 14.5. The molecule has 0 N–H and O–H groups in total. The number of rotatable bonds is 7. The van der Waals surface area contributed by atoms with E-state index >= 15 is 0 Å². The number of nitrogens with zero attached hydrogens (tertiary/aromatic N) is 1. The zero-order chi connectivity index (χ0) is 21.7. The van der Waals surface area contributed by atoms with Crippen LogP contribution in [0.4, 0.5) is 5.69 Å². The first-order valence-electron chi connectivity index (χ1n) is 9.81. The summed E-state index contributed by atoms with van der Waals surface area (Å²) in [4.78, 5) is 27.6. The van der Waals surface area contributed by atoms with Gasteiger partial charge in [0, 0.05) is 11.4 Å². The van der Waals surface area contributed by atoms with Crippen molar-refractivity contribution >= 4 is 23.6 Å². The summed E-state index contributed by atoms with van der Waals surface area (Å²) in [6.07, 6.45) is 3.36. The van der Waals surface area contributed by atoms with Gasteiger partial charge in [0.25, 0.3) is 5.91 Å². The summed E-state index contributed by atoms with van der Waals surface area (Å²) in [7, 11) is 0. The number of carbonyl (C=O) groups excluding carboxylic acids is 2. The van der Waals surface area contributed by atoms with E-state index in [1.165, 1.54) is 0 Å². The predicted octanol–water partition coefficient (Wildman–Crippen LogP) is 4.83. The first kappa shape index (κ1) is 21.1. The SMILES string of the molecule is C=CCOc1cccc(/C=C2\C(=O)N(c3ccc(C)cc3)C(C)=C2C(=O)OCC)c1. The number of esters is 1. The minimum absolute atomic E-state index is 0.229. The van der Waals surface area contributed by atoms with Gasteiger partial charge in [0.1, 0.15) is 12.4 Å². The monoisotopic (exact) mass is 403 g/mol. The molecule has 5 heteroatoms. The Morgan fingerprint density at radius 1 is 1.13 bits per heavy atom. The number of allylic oxidation sites excluding steroid dienone is 1. The maximum atomic E-state index is 13.3. The lowest BCUT2D eigenvalue weighted by molar-refractivity contribution is -0.138. The van der Waals surface area contributed by atoms with Gasteiger partial charge in [0.05, 0.1) is 17.8 Å². The molecular formula is C25H25NO4. The van der Waals surface area contributed by atoms with Crippen LogP contribution < -0.4 is 9.64 Å². The molecule has 1 aliphatic heterocycles. The van der Waals surface area contributed by atoms with Crippen LogP contribution in [-0.4, -0.2) is 25.1 Å². The average Bonchev–Trinajstić information content (AvgIpc) is 2.97. The second kappa shape index (κ2) is 9.27. The van der Waals surface area contributed by atoms with Gasteiger partial charge in [-0.2, -0.15) is 0 Å². The van der Waals surface area contributed by atoms with Crippen molar-refractivity contribution in [1.82, 2.24) is 0 Å². The zero-order valence-electron chi connectivity index (χ0n) is 17.5. The molecule has 0 bridgehead atoms. The van der Waals surface area contributed by atoms with E-state index in [1.54, 1.807) is 30.9 Å². The van der Waals surface area contributed by atoms with Crippen LogP contribution in [0.15, 0.2) is 78.0 Å². The highest BCUT2D eigenvalue weighted by Crippen LogP contribution is 2.35. The maximum Gasteiger partial charge on any atom is 0.340 e. The number of carbonyl (C=O) groups is 2. The van der Waals surface area contributed by atoms with E-state index < -0.39 is 5.97 Å². The summed E-state index contributed by atoms with van der Waals surface area (Å²) < 4.78 is 10.8. The fraction of sp³-hybridized carbons (Fsp3) is 0.200. The van der Waals surface area contributed by atoms with E-state index in [0.29, 0.717) is 29.3 Å². The van der Waals surface area contributed by atoms with Crippen molar-refractivity contribution in [3.63, 3.8) is 0 Å². The maximum absolute atomic E-state index is 13.3. The molecule has 0 aliphatic carbocycles. The van der Waals surface area contributed by atoms with Crippen molar-refractivity contribution in [2.45, 2.75) is 20.8 Å². The molecule has 0 radical (unpaired) electrons. The smallest absolute Gasteiger partial charge is 0.340 e. The van der Waals surface area contributed by atoms with Crippen LogP contribution in [0.2, 0.25) is 0 Å². The van der Waals surface area contributed by atoms with Gasteiger partial charge in [-0.3, -0.25) is 9.69 Å². The van der Waals surface area contributed by atoms with Crippen LogP contribution in [0.3, 0.4) is 0 Å². The highest BCUT2D eigenvalue weighted by atomic mass is 16.5. The summed E-state index contributed by atoms with van der Waals surface area (Å²) in [5, 5.41) is 0. The summed E-state index contributed by atoms with van der Waals surface area (Å²) in [5.41, 5.74) is 3.67. The second-order valence-electron chi connectivity index (χ2n) is 6.89. The molecule has 0 aromatic heterocycles. The highest BCUT2D eigenvalue weighted by Gasteiger charge is 2.38. The topological polar surface area (TPSA) is 55.8 Å². The predicted molar refractivity (Wildman–Crippen MR) is 118 cm³/mol. The lowest BCUT2D eigenvalue weighted by Crippen LogP contribution is -2.24. The van der Waals surface area contributed by atoms with Gasteiger partial charge in [0.15, 0.2) is 0 Å². The van der Waals surface area contributed by atoms with Crippen molar-refractivity contribution in [3.05, 3.63) is 89.2 Å². The molecule has 3 rings (SSSR count). The fourth-order valence-electron chi connectivity index (χ4n) is 3.30. The summed E-state index contributed by atoms with van der Waals surface area (Å²) in [5.74, 6) is -0.122. The van der Waals surface area contributed by atoms with Crippen LogP contribution in [0, 0.1) is 6.92 Å². The minimum Gasteiger partial charge on any atom is -0.490 e. The Morgan fingerprint density at radius 3 is 2.53 bits per heavy atom. The Labute approximate surface area is 176 Å². The molecule has 0 atom stereocenters. The molecule has 30 heavy (non-hydrogen) atoms. The van der Waals surface area contributed by atoms with Crippen molar-refractivity contribution in [1.29, 1.82) is 0 Å². The van der Waals surface area contributed by atoms with Crippen molar-refractivity contribution in [3.8, 4) is 5.75 Å². The summed E-state index contributed by atoms with van der Waals surface area (Å²) in [6, 6.07) is 14.9. The fourth-order valence-corrected chi connectivity index (χ4v) is 3.30. The van der Waals surface area contributed by atoms with Gasteiger partial charge in [0.2, 0.25) is 0 Å². The van der Waals surface area contributed by atoms with Crippen LogP contribution in [0.1, 0.15) is 25.0 Å². The Kier molecular flexibility index (Phi) is 6.52. The molecule has 2 aromatic rings. The molecule has 0 unspecified atom stereocenters. The Morgan fingerprint density at radius 2 is 1.87 bits per heavy atom. The van der Waals surface area contributed by atoms with Crippen LogP contribution >= 0.6 is 0 Å². The van der Waals surface area contributed by atoms with Crippen LogP contribution in [0.25, 0.3) is 6.08 Å². The normalized spacial score (nSPS) is 15.0. The quantitative estimate of drug-likeness (QED) is 0.378. The van der Waals surface area contributed by atoms with E-state index in [9.17, 15) is 9.59 Å². The molecule has 1 amide bonds. The molecule has 1 heterocycles. The number of aryl methyl sites for hydroxylation is 1.